The van der Waals surface area contributed by atoms with Gasteiger partial charge >= 0.3 is 0 Å². The van der Waals surface area contributed by atoms with Crippen LogP contribution in [0.1, 0.15) is 50.3 Å². The number of likely N-dealkylation sites (tertiary alicyclic amines) is 1. The molecule has 0 bridgehead atoms. The fourth-order valence-electron chi connectivity index (χ4n) is 3.00. The summed E-state index contributed by atoms with van der Waals surface area (Å²) in [5.74, 6) is 0. The molecule has 2 atom stereocenters. The van der Waals surface area contributed by atoms with Gasteiger partial charge in [-0.1, -0.05) is 36.2 Å². The monoisotopic (exact) mass is 246 g/mol. The molecule has 0 aliphatic carbocycles. The topological polar surface area (TPSA) is 29.3 Å². The number of nitrogens with zero attached hydrogens (tertiary/aromatic N) is 1. The van der Waals surface area contributed by atoms with E-state index in [0.29, 0.717) is 12.1 Å². The fraction of sp³-hybridized carbons (Fsp3) is 0.625. The Kier molecular flexibility index (Phi) is 4.41. The quantitative estimate of drug-likeness (QED) is 0.868. The zero-order chi connectivity index (χ0) is 13.1. The smallest absolute Gasteiger partial charge is 0.0501 e. The molecule has 1 aliphatic heterocycles. The molecule has 1 aromatic carbocycles. The maximum absolute atomic E-state index is 6.44. The summed E-state index contributed by atoms with van der Waals surface area (Å²) in [7, 11) is 0. The Hall–Kier alpha value is -0.860. The van der Waals surface area contributed by atoms with Crippen molar-refractivity contribution in [2.75, 3.05) is 6.54 Å². The van der Waals surface area contributed by atoms with E-state index in [2.05, 4.69) is 49.9 Å². The molecule has 2 N–H and O–H groups in total. The normalized spacial score (nSPS) is 26.3. The maximum atomic E-state index is 6.44. The van der Waals surface area contributed by atoms with Gasteiger partial charge in [0.2, 0.25) is 0 Å². The third-order valence-electron chi connectivity index (χ3n) is 4.05. The van der Waals surface area contributed by atoms with Gasteiger partial charge in [0.25, 0.3) is 0 Å². The van der Waals surface area contributed by atoms with Gasteiger partial charge in [-0.3, -0.25) is 4.90 Å². The molecule has 0 amide bonds. The molecule has 1 saturated heterocycles. The van der Waals surface area contributed by atoms with Crippen LogP contribution in [0.3, 0.4) is 0 Å². The van der Waals surface area contributed by atoms with Gasteiger partial charge in [0, 0.05) is 12.1 Å². The van der Waals surface area contributed by atoms with Gasteiger partial charge in [0.1, 0.15) is 0 Å². The lowest BCUT2D eigenvalue weighted by molar-refractivity contribution is 0.144. The van der Waals surface area contributed by atoms with E-state index in [1.54, 1.807) is 0 Å². The molecule has 0 saturated carbocycles. The van der Waals surface area contributed by atoms with E-state index in [1.807, 2.05) is 0 Å². The molecule has 1 aliphatic rings. The predicted molar refractivity (Wildman–Crippen MR) is 77.6 cm³/mol. The van der Waals surface area contributed by atoms with Gasteiger partial charge in [0.05, 0.1) is 6.04 Å². The minimum atomic E-state index is 0.262. The first kappa shape index (κ1) is 13.6. The van der Waals surface area contributed by atoms with E-state index in [0.717, 1.165) is 6.42 Å². The third-order valence-corrected chi connectivity index (χ3v) is 4.05. The first-order valence-corrected chi connectivity index (χ1v) is 7.17. The van der Waals surface area contributed by atoms with E-state index in [-0.39, 0.29) is 6.04 Å². The molecule has 18 heavy (non-hydrogen) atoms. The molecule has 0 spiro atoms. The van der Waals surface area contributed by atoms with Gasteiger partial charge in [-0.25, -0.2) is 0 Å². The van der Waals surface area contributed by atoms with E-state index < -0.39 is 0 Å². The van der Waals surface area contributed by atoms with Crippen LogP contribution < -0.4 is 5.73 Å². The Morgan fingerprint density at radius 3 is 2.44 bits per heavy atom. The van der Waals surface area contributed by atoms with Gasteiger partial charge in [-0.05, 0) is 45.7 Å². The first-order chi connectivity index (χ1) is 8.59. The Labute approximate surface area is 111 Å². The molecule has 0 radical (unpaired) electrons. The van der Waals surface area contributed by atoms with Crippen LogP contribution in [0, 0.1) is 6.92 Å². The number of hydrogen-bond donors (Lipinski definition) is 1. The lowest BCUT2D eigenvalue weighted by atomic mass is 9.95. The van der Waals surface area contributed by atoms with Crippen LogP contribution >= 0.6 is 0 Å². The summed E-state index contributed by atoms with van der Waals surface area (Å²) in [6.45, 7) is 7.86. The lowest BCUT2D eigenvalue weighted by Gasteiger charge is -2.36. The van der Waals surface area contributed by atoms with Crippen molar-refractivity contribution >= 4 is 0 Å². The van der Waals surface area contributed by atoms with Crippen LogP contribution in [0.2, 0.25) is 0 Å². The molecule has 100 valence electrons. The molecule has 1 heterocycles. The summed E-state index contributed by atoms with van der Waals surface area (Å²) in [6.07, 6.45) is 3.67. The Morgan fingerprint density at radius 2 is 1.83 bits per heavy atom. The minimum absolute atomic E-state index is 0.262. The highest BCUT2D eigenvalue weighted by molar-refractivity contribution is 5.25. The van der Waals surface area contributed by atoms with Crippen LogP contribution in [0.15, 0.2) is 24.3 Å². The number of aryl methyl sites for hydroxylation is 1. The summed E-state index contributed by atoms with van der Waals surface area (Å²) in [5, 5.41) is 0. The summed E-state index contributed by atoms with van der Waals surface area (Å²) in [4.78, 5) is 2.57. The molecule has 2 rings (SSSR count). The molecule has 1 fully saturated rings. The zero-order valence-corrected chi connectivity index (χ0v) is 11.9. The summed E-state index contributed by atoms with van der Waals surface area (Å²) in [5.41, 5.74) is 9.13. The van der Waals surface area contributed by atoms with Crippen LogP contribution in [0.25, 0.3) is 0 Å². The van der Waals surface area contributed by atoms with Gasteiger partial charge in [0.15, 0.2) is 0 Å². The van der Waals surface area contributed by atoms with Crippen LogP contribution in [-0.4, -0.2) is 23.5 Å². The largest absolute Gasteiger partial charge is 0.326 e. The zero-order valence-electron chi connectivity index (χ0n) is 11.9. The van der Waals surface area contributed by atoms with Gasteiger partial charge in [-0.15, -0.1) is 0 Å². The molecule has 2 unspecified atom stereocenters. The summed E-state index contributed by atoms with van der Waals surface area (Å²) >= 11 is 0. The minimum Gasteiger partial charge on any atom is -0.326 e. The van der Waals surface area contributed by atoms with Gasteiger partial charge < -0.3 is 5.73 Å². The van der Waals surface area contributed by atoms with E-state index in [1.165, 1.54) is 30.5 Å². The highest BCUT2D eigenvalue weighted by atomic mass is 15.2. The summed E-state index contributed by atoms with van der Waals surface area (Å²) < 4.78 is 0. The molecular weight excluding hydrogens is 220 g/mol. The average Bonchev–Trinajstić information content (AvgIpc) is 2.52. The lowest BCUT2D eigenvalue weighted by Crippen LogP contribution is -2.43. The third kappa shape index (κ3) is 2.93. The Balaban J connectivity index is 2.31. The average molecular weight is 246 g/mol. The number of nitrogens with two attached hydrogens (primary N) is 1. The standard InChI is InChI=1S/C16H26N2/c1-12(2)18-11-5-4-6-15(17)16(18)14-9-7-13(3)8-10-14/h7-10,12,15-16H,4-6,11,17H2,1-3H3. The molecule has 0 aromatic heterocycles. The van der Waals surface area contributed by atoms with Crippen LogP contribution in [0.5, 0.6) is 0 Å². The van der Waals surface area contributed by atoms with Crippen molar-refractivity contribution in [1.82, 2.24) is 4.90 Å². The highest BCUT2D eigenvalue weighted by Gasteiger charge is 2.30. The fourth-order valence-corrected chi connectivity index (χ4v) is 3.00. The van der Waals surface area contributed by atoms with Crippen molar-refractivity contribution in [3.63, 3.8) is 0 Å². The van der Waals surface area contributed by atoms with Crippen LogP contribution in [-0.2, 0) is 0 Å². The van der Waals surface area contributed by atoms with E-state index in [9.17, 15) is 0 Å². The van der Waals surface area contributed by atoms with E-state index in [4.69, 9.17) is 5.73 Å². The van der Waals surface area contributed by atoms with Crippen molar-refractivity contribution in [3.8, 4) is 0 Å². The molecule has 1 aromatic rings. The van der Waals surface area contributed by atoms with Crippen molar-refractivity contribution < 1.29 is 0 Å². The molecule has 2 heteroatoms. The van der Waals surface area contributed by atoms with Crippen molar-refractivity contribution in [1.29, 1.82) is 0 Å². The van der Waals surface area contributed by atoms with Crippen LogP contribution in [0.4, 0.5) is 0 Å². The van der Waals surface area contributed by atoms with Gasteiger partial charge in [-0.2, -0.15) is 0 Å². The highest BCUT2D eigenvalue weighted by Crippen LogP contribution is 2.31. The Morgan fingerprint density at radius 1 is 1.17 bits per heavy atom. The molecule has 2 nitrogen and oxygen atoms in total. The maximum Gasteiger partial charge on any atom is 0.0501 e. The second-order valence-electron chi connectivity index (χ2n) is 5.85. The van der Waals surface area contributed by atoms with Crippen molar-refractivity contribution in [2.24, 2.45) is 5.73 Å². The second-order valence-corrected chi connectivity index (χ2v) is 5.85. The SMILES string of the molecule is Cc1ccc(C2C(N)CCCCN2C(C)C)cc1. The van der Waals surface area contributed by atoms with Crippen molar-refractivity contribution in [2.45, 2.75) is 58.2 Å². The predicted octanol–water partition coefficient (Wildman–Crippen LogP) is 3.26. The number of hydrogen-bond acceptors (Lipinski definition) is 2. The number of rotatable bonds is 2. The number of benzene rings is 1. The van der Waals surface area contributed by atoms with E-state index >= 15 is 0 Å². The second kappa shape index (κ2) is 5.85. The first-order valence-electron chi connectivity index (χ1n) is 7.17. The molecular formula is C16H26N2. The van der Waals surface area contributed by atoms with Crippen molar-refractivity contribution in [3.05, 3.63) is 35.4 Å². The summed E-state index contributed by atoms with van der Waals surface area (Å²) in [6, 6.07) is 10.1. The Bertz CT molecular complexity index is 369.